The first-order valence-electron chi connectivity index (χ1n) is 6.14. The largest absolute Gasteiger partial charge is 0.477 e. The Morgan fingerprint density at radius 3 is 2.95 bits per heavy atom. The maximum absolute atomic E-state index is 11.8. The third-order valence-corrected chi connectivity index (χ3v) is 6.02. The van der Waals surface area contributed by atoms with Gasteiger partial charge in [-0.3, -0.25) is 9.69 Å². The predicted molar refractivity (Wildman–Crippen MR) is 77.2 cm³/mol. The lowest BCUT2D eigenvalue weighted by atomic mass is 10.1. The number of thioether (sulfide) groups is 2. The fraction of sp³-hybridized carbons (Fsp3) is 0.417. The van der Waals surface area contributed by atoms with Crippen LogP contribution in [0.1, 0.15) is 0 Å². The molecule has 0 aromatic carbocycles. The quantitative estimate of drug-likeness (QED) is 0.536. The minimum Gasteiger partial charge on any atom is -0.477 e. The van der Waals surface area contributed by atoms with Crippen molar-refractivity contribution >= 4 is 41.4 Å². The fourth-order valence-corrected chi connectivity index (χ4v) is 4.80. The lowest BCUT2D eigenvalue weighted by molar-refractivity contribution is -0.147. The molecule has 2 atom stereocenters. The zero-order valence-electron chi connectivity index (χ0n) is 10.8. The SMILES string of the molecule is N[C@@H]1C(=O)N2C(C(=O)O)=C(SCC3=CC(=O)OC3)CS[C@@H]12. The van der Waals surface area contributed by atoms with Crippen LogP contribution in [-0.2, 0) is 19.1 Å². The summed E-state index contributed by atoms with van der Waals surface area (Å²) in [5.41, 5.74) is 6.50. The van der Waals surface area contributed by atoms with E-state index >= 15 is 0 Å². The Hall–Kier alpha value is -1.45. The highest BCUT2D eigenvalue weighted by atomic mass is 32.2. The molecule has 0 bridgehead atoms. The predicted octanol–water partition coefficient (Wildman–Crippen LogP) is -0.259. The molecule has 9 heteroatoms. The lowest BCUT2D eigenvalue weighted by Crippen LogP contribution is -2.68. The number of carboxylic acids is 1. The molecule has 21 heavy (non-hydrogen) atoms. The van der Waals surface area contributed by atoms with Crippen LogP contribution in [0.25, 0.3) is 0 Å². The number of nitrogens with zero attached hydrogens (tertiary/aromatic N) is 1. The van der Waals surface area contributed by atoms with Gasteiger partial charge in [0, 0.05) is 22.5 Å². The van der Waals surface area contributed by atoms with E-state index in [4.69, 9.17) is 10.5 Å². The van der Waals surface area contributed by atoms with Gasteiger partial charge in [0.05, 0.1) is 0 Å². The number of fused-ring (bicyclic) bond motifs is 1. The third kappa shape index (κ3) is 2.45. The highest BCUT2D eigenvalue weighted by Gasteiger charge is 2.51. The van der Waals surface area contributed by atoms with Crippen LogP contribution in [0.3, 0.4) is 0 Å². The van der Waals surface area contributed by atoms with Gasteiger partial charge >= 0.3 is 11.9 Å². The Labute approximate surface area is 128 Å². The molecule has 1 fully saturated rings. The van der Waals surface area contributed by atoms with Gasteiger partial charge in [-0.05, 0) is 5.57 Å². The Morgan fingerprint density at radius 1 is 1.57 bits per heavy atom. The smallest absolute Gasteiger partial charge is 0.353 e. The number of hydrogen-bond donors (Lipinski definition) is 2. The van der Waals surface area contributed by atoms with Crippen molar-refractivity contribution in [2.24, 2.45) is 5.73 Å². The van der Waals surface area contributed by atoms with Crippen LogP contribution in [0.5, 0.6) is 0 Å². The van der Waals surface area contributed by atoms with Gasteiger partial charge < -0.3 is 15.6 Å². The molecule has 0 aliphatic carbocycles. The average molecular weight is 328 g/mol. The Morgan fingerprint density at radius 2 is 2.33 bits per heavy atom. The summed E-state index contributed by atoms with van der Waals surface area (Å²) in [5, 5.41) is 9.07. The van der Waals surface area contributed by atoms with Crippen LogP contribution in [-0.4, -0.2) is 57.4 Å². The number of ether oxygens (including phenoxy) is 1. The number of amides is 1. The minimum atomic E-state index is -1.13. The monoisotopic (exact) mass is 328 g/mol. The zero-order valence-corrected chi connectivity index (χ0v) is 12.4. The molecule has 0 radical (unpaired) electrons. The molecule has 3 aliphatic rings. The summed E-state index contributed by atoms with van der Waals surface area (Å²) in [6, 6.07) is -0.625. The first-order chi connectivity index (χ1) is 9.99. The molecule has 3 rings (SSSR count). The van der Waals surface area contributed by atoms with E-state index in [1.165, 1.54) is 34.5 Å². The maximum atomic E-state index is 11.8. The standard InChI is InChI=1S/C12H12N2O5S2/c13-8-10(16)14-9(12(17)18)6(4-21-11(8)14)20-3-5-1-7(15)19-2-5/h1,8,11H,2-4,13H2,(H,17,18)/t8-,11+/m1/s1. The molecule has 1 amide bonds. The van der Waals surface area contributed by atoms with Gasteiger partial charge in [-0.15, -0.1) is 23.5 Å². The van der Waals surface area contributed by atoms with Crippen molar-refractivity contribution < 1.29 is 24.2 Å². The Bertz CT molecular complexity index is 600. The molecule has 0 aromatic rings. The van der Waals surface area contributed by atoms with E-state index in [0.29, 0.717) is 16.4 Å². The first-order valence-corrected chi connectivity index (χ1v) is 8.18. The van der Waals surface area contributed by atoms with E-state index in [9.17, 15) is 19.5 Å². The number of carbonyl (C=O) groups excluding carboxylic acids is 2. The number of β-lactam (4-membered cyclic amide) rings is 1. The Balaban J connectivity index is 1.78. The van der Waals surface area contributed by atoms with Crippen LogP contribution in [0.2, 0.25) is 0 Å². The molecule has 3 heterocycles. The van der Waals surface area contributed by atoms with Gasteiger partial charge in [0.25, 0.3) is 0 Å². The summed E-state index contributed by atoms with van der Waals surface area (Å²) >= 11 is 2.78. The van der Waals surface area contributed by atoms with Gasteiger partial charge in [-0.1, -0.05) is 0 Å². The second-order valence-electron chi connectivity index (χ2n) is 4.71. The van der Waals surface area contributed by atoms with E-state index in [1.54, 1.807) is 0 Å². The molecular weight excluding hydrogens is 316 g/mol. The van der Waals surface area contributed by atoms with Crippen molar-refractivity contribution in [2.75, 3.05) is 18.1 Å². The van der Waals surface area contributed by atoms with Crippen molar-refractivity contribution in [3.63, 3.8) is 0 Å². The highest BCUT2D eigenvalue weighted by Crippen LogP contribution is 2.43. The number of cyclic esters (lactones) is 1. The topological polar surface area (TPSA) is 110 Å². The molecule has 0 aromatic heterocycles. The average Bonchev–Trinajstić information content (AvgIpc) is 2.88. The van der Waals surface area contributed by atoms with E-state index in [0.717, 1.165) is 5.57 Å². The zero-order chi connectivity index (χ0) is 15.1. The van der Waals surface area contributed by atoms with Crippen molar-refractivity contribution in [2.45, 2.75) is 11.4 Å². The van der Waals surface area contributed by atoms with E-state index in [2.05, 4.69) is 0 Å². The maximum Gasteiger partial charge on any atom is 0.353 e. The summed E-state index contributed by atoms with van der Waals surface area (Å²) in [5.74, 6) is -0.898. The van der Waals surface area contributed by atoms with Crippen LogP contribution >= 0.6 is 23.5 Å². The first kappa shape index (κ1) is 14.5. The number of carbonyl (C=O) groups is 3. The van der Waals surface area contributed by atoms with Crippen molar-refractivity contribution in [1.82, 2.24) is 4.90 Å². The number of nitrogens with two attached hydrogens (primary N) is 1. The summed E-state index contributed by atoms with van der Waals surface area (Å²) < 4.78 is 4.80. The molecule has 0 spiro atoms. The summed E-state index contributed by atoms with van der Waals surface area (Å²) in [7, 11) is 0. The number of hydrogen-bond acceptors (Lipinski definition) is 7. The molecule has 3 aliphatic heterocycles. The van der Waals surface area contributed by atoms with Crippen molar-refractivity contribution in [3.05, 3.63) is 22.3 Å². The molecule has 3 N–H and O–H groups in total. The molecule has 0 unspecified atom stereocenters. The third-order valence-electron chi connectivity index (χ3n) is 3.33. The fourth-order valence-electron chi connectivity index (χ4n) is 2.28. The Kier molecular flexibility index (Phi) is 3.72. The second kappa shape index (κ2) is 5.39. The highest BCUT2D eigenvalue weighted by molar-refractivity contribution is 8.06. The number of carboxylic acid groups (broad SMARTS) is 1. The van der Waals surface area contributed by atoms with E-state index < -0.39 is 12.0 Å². The summed E-state index contributed by atoms with van der Waals surface area (Å²) in [6.45, 7) is 0.241. The summed E-state index contributed by atoms with van der Waals surface area (Å²) in [4.78, 5) is 36.1. The number of esters is 1. The van der Waals surface area contributed by atoms with Gasteiger partial charge in [-0.2, -0.15) is 0 Å². The molecule has 7 nitrogen and oxygen atoms in total. The summed E-state index contributed by atoms with van der Waals surface area (Å²) in [6.07, 6.45) is 1.41. The van der Waals surface area contributed by atoms with Crippen LogP contribution in [0.4, 0.5) is 0 Å². The van der Waals surface area contributed by atoms with Crippen molar-refractivity contribution in [3.8, 4) is 0 Å². The molecule has 0 saturated carbocycles. The molecule has 112 valence electrons. The molecule has 1 saturated heterocycles. The van der Waals surface area contributed by atoms with Gasteiger partial charge in [0.1, 0.15) is 23.7 Å². The van der Waals surface area contributed by atoms with Crippen LogP contribution in [0.15, 0.2) is 22.3 Å². The van der Waals surface area contributed by atoms with Gasteiger partial charge in [-0.25, -0.2) is 9.59 Å². The van der Waals surface area contributed by atoms with Gasteiger partial charge in [0.2, 0.25) is 5.91 Å². The van der Waals surface area contributed by atoms with Crippen molar-refractivity contribution in [1.29, 1.82) is 0 Å². The number of aliphatic carboxylic acids is 1. The normalized spacial score (nSPS) is 28.0. The van der Waals surface area contributed by atoms with E-state index in [-0.39, 0.29) is 29.6 Å². The van der Waals surface area contributed by atoms with Crippen LogP contribution < -0.4 is 5.73 Å². The van der Waals surface area contributed by atoms with Gasteiger partial charge in [0.15, 0.2) is 0 Å². The minimum absolute atomic E-state index is 0.0151. The number of rotatable bonds is 4. The van der Waals surface area contributed by atoms with Crippen LogP contribution in [0, 0.1) is 0 Å². The second-order valence-corrected chi connectivity index (χ2v) is 6.89. The molecular formula is C12H12N2O5S2. The van der Waals surface area contributed by atoms with E-state index in [1.807, 2.05) is 0 Å². The lowest BCUT2D eigenvalue weighted by Gasteiger charge is -2.47.